The van der Waals surface area contributed by atoms with Crippen LogP contribution in [0.1, 0.15) is 12.8 Å². The van der Waals surface area contributed by atoms with E-state index in [2.05, 4.69) is 5.32 Å². The summed E-state index contributed by atoms with van der Waals surface area (Å²) in [4.78, 5) is 0. The Morgan fingerprint density at radius 1 is 0.609 bits per heavy atom. The minimum Gasteiger partial charge on any atom is -0.400 e. The van der Waals surface area contributed by atoms with Crippen LogP contribution in [0.3, 0.4) is 0 Å². The topological polar surface area (TPSA) is 194 Å². The summed E-state index contributed by atoms with van der Waals surface area (Å²) >= 11 is 0. The van der Waals surface area contributed by atoms with Gasteiger partial charge >= 0.3 is 0 Å². The van der Waals surface area contributed by atoms with Crippen LogP contribution in [0.2, 0.25) is 0 Å². The molecule has 0 aromatic carbocycles. The molecule has 0 heterocycles. The van der Waals surface area contributed by atoms with Crippen molar-refractivity contribution in [2.24, 2.45) is 0 Å². The first-order valence-corrected chi connectivity index (χ1v) is 7.30. The van der Waals surface area contributed by atoms with Gasteiger partial charge in [0, 0.05) is 33.4 Å². The Kier molecular flexibility index (Phi) is 16.4. The van der Waals surface area contributed by atoms with Crippen molar-refractivity contribution in [3.8, 4) is 0 Å². The molecule has 0 saturated heterocycles. The number of nitrogens with one attached hydrogen (secondary N) is 1. The highest BCUT2D eigenvalue weighted by atomic mass is 16.4. The molecule has 10 nitrogen and oxygen atoms in total. The molecule has 0 aliphatic carbocycles. The SMILES string of the molecule is CO.OCCC(O)C(O)C(O)CNCC(O)C(O)C(O)CCO. The molecule has 0 bridgehead atoms. The van der Waals surface area contributed by atoms with Gasteiger partial charge in [0.15, 0.2) is 0 Å². The third-order valence-electron chi connectivity index (χ3n) is 3.13. The van der Waals surface area contributed by atoms with Crippen LogP contribution in [-0.4, -0.2) is 116 Å². The molecule has 0 saturated carbocycles. The summed E-state index contributed by atoms with van der Waals surface area (Å²) < 4.78 is 0. The standard InChI is InChI=1S/C12H27NO8.CH4O/c14-3-1-7(16)11(20)9(18)5-13-6-10(19)12(21)8(17)2-4-15;1-2/h7-21H,1-6H2;2H,1H3. The normalized spacial score (nSPS) is 19.0. The molecule has 10 N–H and O–H groups in total. The van der Waals surface area contributed by atoms with Gasteiger partial charge in [-0.25, -0.2) is 0 Å². The first-order valence-electron chi connectivity index (χ1n) is 7.30. The smallest absolute Gasteiger partial charge is 0.107 e. The fraction of sp³-hybridized carbons (Fsp3) is 1.00. The van der Waals surface area contributed by atoms with Gasteiger partial charge in [0.2, 0.25) is 0 Å². The van der Waals surface area contributed by atoms with Crippen LogP contribution in [-0.2, 0) is 0 Å². The predicted octanol–water partition coefficient (Wildman–Crippen LogP) is -4.89. The highest BCUT2D eigenvalue weighted by molar-refractivity contribution is 4.80. The lowest BCUT2D eigenvalue weighted by Crippen LogP contribution is -2.48. The van der Waals surface area contributed by atoms with Gasteiger partial charge in [-0.1, -0.05) is 0 Å². The van der Waals surface area contributed by atoms with Crippen molar-refractivity contribution in [2.75, 3.05) is 33.4 Å². The van der Waals surface area contributed by atoms with Crippen LogP contribution in [0.15, 0.2) is 0 Å². The van der Waals surface area contributed by atoms with E-state index in [-0.39, 0.29) is 39.1 Å². The maximum absolute atomic E-state index is 9.58. The van der Waals surface area contributed by atoms with E-state index in [1.807, 2.05) is 0 Å². The lowest BCUT2D eigenvalue weighted by atomic mass is 10.0. The Morgan fingerprint density at radius 2 is 0.913 bits per heavy atom. The van der Waals surface area contributed by atoms with Crippen LogP contribution in [0.5, 0.6) is 0 Å². The van der Waals surface area contributed by atoms with Crippen LogP contribution < -0.4 is 5.32 Å². The summed E-state index contributed by atoms with van der Waals surface area (Å²) in [6.45, 7) is -0.981. The van der Waals surface area contributed by atoms with Crippen LogP contribution in [0.4, 0.5) is 0 Å². The van der Waals surface area contributed by atoms with Gasteiger partial charge in [-0.05, 0) is 12.8 Å². The van der Waals surface area contributed by atoms with Gasteiger partial charge < -0.3 is 51.3 Å². The molecule has 0 aromatic rings. The molecule has 0 radical (unpaired) electrons. The molecule has 0 fully saturated rings. The van der Waals surface area contributed by atoms with Gasteiger partial charge in [0.05, 0.1) is 24.4 Å². The molecular formula is C13H31NO9. The fourth-order valence-electron chi connectivity index (χ4n) is 1.74. The quantitative estimate of drug-likeness (QED) is 0.164. The van der Waals surface area contributed by atoms with Crippen LogP contribution in [0.25, 0.3) is 0 Å². The molecule has 142 valence electrons. The Labute approximate surface area is 135 Å². The lowest BCUT2D eigenvalue weighted by molar-refractivity contribution is -0.0731. The maximum atomic E-state index is 9.58. The molecule has 0 aliphatic heterocycles. The minimum atomic E-state index is -1.45. The van der Waals surface area contributed by atoms with E-state index in [1.165, 1.54) is 0 Å². The Hall–Kier alpha value is -0.400. The highest BCUT2D eigenvalue weighted by Crippen LogP contribution is 2.05. The molecule has 0 amide bonds. The van der Waals surface area contributed by atoms with Crippen molar-refractivity contribution in [1.82, 2.24) is 5.32 Å². The lowest BCUT2D eigenvalue weighted by Gasteiger charge is -2.25. The zero-order valence-electron chi connectivity index (χ0n) is 13.2. The number of aliphatic hydroxyl groups excluding tert-OH is 9. The molecule has 6 atom stereocenters. The van der Waals surface area contributed by atoms with E-state index in [1.54, 1.807) is 0 Å². The van der Waals surface area contributed by atoms with Crippen LogP contribution in [0, 0.1) is 0 Å². The van der Waals surface area contributed by atoms with Gasteiger partial charge in [-0.3, -0.25) is 0 Å². The Balaban J connectivity index is 0. The summed E-state index contributed by atoms with van der Waals surface area (Å²) in [5.41, 5.74) is 0. The molecular weight excluding hydrogens is 314 g/mol. The van der Waals surface area contributed by atoms with Crippen LogP contribution >= 0.6 is 0 Å². The number of hydrogen-bond donors (Lipinski definition) is 10. The highest BCUT2D eigenvalue weighted by Gasteiger charge is 2.26. The Bertz CT molecular complexity index is 236. The average molecular weight is 345 g/mol. The third-order valence-corrected chi connectivity index (χ3v) is 3.13. The monoisotopic (exact) mass is 345 g/mol. The fourth-order valence-corrected chi connectivity index (χ4v) is 1.74. The minimum absolute atomic E-state index is 0.0765. The van der Waals surface area contributed by atoms with Gasteiger partial charge in [-0.15, -0.1) is 0 Å². The third kappa shape index (κ3) is 10.9. The van der Waals surface area contributed by atoms with Crippen molar-refractivity contribution >= 4 is 0 Å². The van der Waals surface area contributed by atoms with Gasteiger partial charge in [0.1, 0.15) is 12.2 Å². The van der Waals surface area contributed by atoms with Gasteiger partial charge in [0.25, 0.3) is 0 Å². The van der Waals surface area contributed by atoms with Crippen molar-refractivity contribution in [1.29, 1.82) is 0 Å². The van der Waals surface area contributed by atoms with E-state index in [0.717, 1.165) is 7.11 Å². The summed E-state index contributed by atoms with van der Waals surface area (Å²) in [5.74, 6) is 0. The van der Waals surface area contributed by atoms with E-state index in [0.29, 0.717) is 0 Å². The zero-order valence-corrected chi connectivity index (χ0v) is 13.2. The second-order valence-corrected chi connectivity index (χ2v) is 4.93. The molecule has 0 rings (SSSR count). The number of aliphatic hydroxyl groups is 9. The van der Waals surface area contributed by atoms with Crippen molar-refractivity contribution in [3.63, 3.8) is 0 Å². The molecule has 10 heteroatoms. The summed E-state index contributed by atoms with van der Waals surface area (Å²) in [5, 5.41) is 83.7. The van der Waals surface area contributed by atoms with Crippen molar-refractivity contribution in [2.45, 2.75) is 49.5 Å². The van der Waals surface area contributed by atoms with Crippen molar-refractivity contribution in [3.05, 3.63) is 0 Å². The van der Waals surface area contributed by atoms with E-state index in [4.69, 9.17) is 15.3 Å². The maximum Gasteiger partial charge on any atom is 0.107 e. The van der Waals surface area contributed by atoms with E-state index >= 15 is 0 Å². The zero-order chi connectivity index (χ0) is 18.4. The predicted molar refractivity (Wildman–Crippen MR) is 80.5 cm³/mol. The van der Waals surface area contributed by atoms with Gasteiger partial charge in [-0.2, -0.15) is 0 Å². The summed E-state index contributed by atoms with van der Waals surface area (Å²) in [6, 6.07) is 0. The Morgan fingerprint density at radius 3 is 1.17 bits per heavy atom. The summed E-state index contributed by atoms with van der Waals surface area (Å²) in [7, 11) is 1.00. The first-order chi connectivity index (χ1) is 10.8. The largest absolute Gasteiger partial charge is 0.400 e. The summed E-state index contributed by atoms with van der Waals surface area (Å²) in [6.07, 6.45) is -8.24. The average Bonchev–Trinajstić information content (AvgIpc) is 2.55. The van der Waals surface area contributed by atoms with E-state index in [9.17, 15) is 30.6 Å². The van der Waals surface area contributed by atoms with E-state index < -0.39 is 36.6 Å². The second kappa shape index (κ2) is 15.1. The first kappa shape index (κ1) is 24.8. The molecule has 6 unspecified atom stereocenters. The van der Waals surface area contributed by atoms with Crippen molar-refractivity contribution < 1.29 is 46.0 Å². The molecule has 0 aliphatic rings. The second-order valence-electron chi connectivity index (χ2n) is 4.93. The molecule has 0 aromatic heterocycles. The number of hydrogen-bond acceptors (Lipinski definition) is 10. The molecule has 0 spiro atoms. The number of rotatable bonds is 12. The molecule has 23 heavy (non-hydrogen) atoms.